The van der Waals surface area contributed by atoms with Gasteiger partial charge in [0.05, 0.1) is 11.3 Å². The third-order valence-corrected chi connectivity index (χ3v) is 8.00. The molecule has 170 valence electrons. The number of carbonyl (C=O) groups is 1. The summed E-state index contributed by atoms with van der Waals surface area (Å²) < 4.78 is 66.9. The van der Waals surface area contributed by atoms with Gasteiger partial charge in [0.25, 0.3) is 0 Å². The van der Waals surface area contributed by atoms with Crippen molar-refractivity contribution in [2.45, 2.75) is 49.4 Å². The van der Waals surface area contributed by atoms with Crippen molar-refractivity contribution in [3.8, 4) is 0 Å². The summed E-state index contributed by atoms with van der Waals surface area (Å²) in [6, 6.07) is 5.78. The highest BCUT2D eigenvalue weighted by atomic mass is 32.2. The summed E-state index contributed by atoms with van der Waals surface area (Å²) >= 11 is 0.632. The molecule has 0 spiro atoms. The number of amides is 1. The average molecular weight is 478 g/mol. The van der Waals surface area contributed by atoms with Crippen LogP contribution >= 0.6 is 11.3 Å². The number of hydrogen-bond acceptors (Lipinski definition) is 6. The molecule has 1 atom stereocenters. The van der Waals surface area contributed by atoms with Crippen molar-refractivity contribution in [3.63, 3.8) is 0 Å². The van der Waals surface area contributed by atoms with Crippen LogP contribution in [0.4, 0.5) is 13.2 Å². The molecule has 0 saturated carbocycles. The Kier molecular flexibility index (Phi) is 6.75. The second-order valence-corrected chi connectivity index (χ2v) is 10.2. The molecule has 31 heavy (non-hydrogen) atoms. The molecule has 0 bridgehead atoms. The minimum absolute atomic E-state index is 0.117. The minimum atomic E-state index is -5.08. The highest BCUT2D eigenvalue weighted by Gasteiger charge is 2.58. The predicted octanol–water partition coefficient (Wildman–Crippen LogP) is 2.69. The summed E-state index contributed by atoms with van der Waals surface area (Å²) in [6.07, 6.45) is -4.69. The Morgan fingerprint density at radius 1 is 1.23 bits per heavy atom. The molecule has 12 heteroatoms. The van der Waals surface area contributed by atoms with Crippen LogP contribution in [0, 0.1) is 6.92 Å². The van der Waals surface area contributed by atoms with Crippen LogP contribution in [0.5, 0.6) is 0 Å². The van der Waals surface area contributed by atoms with Crippen LogP contribution in [-0.2, 0) is 27.0 Å². The van der Waals surface area contributed by atoms with E-state index in [0.29, 0.717) is 35.7 Å². The van der Waals surface area contributed by atoms with Crippen molar-refractivity contribution in [1.29, 1.82) is 0 Å². The molecule has 1 aromatic carbocycles. The van der Waals surface area contributed by atoms with Crippen LogP contribution in [0.3, 0.4) is 0 Å². The number of hydrogen-bond donors (Lipinski definition) is 2. The summed E-state index contributed by atoms with van der Waals surface area (Å²) in [5.41, 5.74) is -2.56. The number of thiazole rings is 1. The number of aliphatic hydroxyl groups is 1. The summed E-state index contributed by atoms with van der Waals surface area (Å²) in [6.45, 7) is 2.32. The maximum Gasteiger partial charge on any atom is 0.424 e. The molecule has 1 unspecified atom stereocenters. The number of aromatic nitrogens is 1. The lowest BCUT2D eigenvalue weighted by molar-refractivity contribution is -0.267. The molecule has 1 amide bonds. The fourth-order valence-corrected chi connectivity index (χ4v) is 5.62. The molecular weight excluding hydrogens is 455 g/mol. The first-order valence-electron chi connectivity index (χ1n) is 9.51. The zero-order chi connectivity index (χ0) is 22.9. The van der Waals surface area contributed by atoms with Gasteiger partial charge >= 0.3 is 6.18 Å². The number of halogens is 3. The monoisotopic (exact) mass is 477 g/mol. The highest BCUT2D eigenvalue weighted by Crippen LogP contribution is 2.42. The maximum atomic E-state index is 13.5. The Morgan fingerprint density at radius 3 is 2.35 bits per heavy atom. The zero-order valence-electron chi connectivity index (χ0n) is 16.6. The number of rotatable bonds is 7. The van der Waals surface area contributed by atoms with Gasteiger partial charge in [0.1, 0.15) is 5.01 Å². The number of sulfonamides is 1. The van der Waals surface area contributed by atoms with Crippen LogP contribution in [0.2, 0.25) is 0 Å². The first-order valence-corrected chi connectivity index (χ1v) is 11.8. The second kappa shape index (κ2) is 8.85. The molecule has 2 N–H and O–H groups in total. The van der Waals surface area contributed by atoms with Gasteiger partial charge in [0.2, 0.25) is 21.5 Å². The lowest BCUT2D eigenvalue weighted by atomic mass is 9.99. The summed E-state index contributed by atoms with van der Waals surface area (Å²) in [5, 5.41) is 13.3. The molecule has 0 aliphatic carbocycles. The Morgan fingerprint density at radius 2 is 1.84 bits per heavy atom. The number of nitrogens with zero attached hydrogens (tertiary/aromatic N) is 2. The first kappa shape index (κ1) is 23.6. The molecule has 2 aromatic rings. The van der Waals surface area contributed by atoms with Crippen LogP contribution in [0.25, 0.3) is 0 Å². The van der Waals surface area contributed by atoms with Crippen LogP contribution in [0.1, 0.15) is 35.5 Å². The van der Waals surface area contributed by atoms with Gasteiger partial charge in [-0.3, -0.25) is 4.79 Å². The third-order valence-electron chi connectivity index (χ3n) is 4.97. The van der Waals surface area contributed by atoms with E-state index >= 15 is 0 Å². The first-order chi connectivity index (χ1) is 14.4. The highest BCUT2D eigenvalue weighted by molar-refractivity contribution is 7.89. The Labute approximate surface area is 182 Å². The molecule has 1 aliphatic rings. The molecule has 0 radical (unpaired) electrons. The third kappa shape index (κ3) is 5.08. The summed E-state index contributed by atoms with van der Waals surface area (Å²) in [7, 11) is -3.57. The number of aryl methyl sites for hydroxylation is 1. The van der Waals surface area contributed by atoms with E-state index in [9.17, 15) is 31.5 Å². The van der Waals surface area contributed by atoms with Gasteiger partial charge in [-0.05, 0) is 37.5 Å². The summed E-state index contributed by atoms with van der Waals surface area (Å²) in [5.74, 6) is -1.01. The Bertz CT molecular complexity index is 1030. The largest absolute Gasteiger partial charge is 0.424 e. The smallest absolute Gasteiger partial charge is 0.374 e. The van der Waals surface area contributed by atoms with E-state index in [1.54, 1.807) is 0 Å². The normalized spacial score (nSPS) is 17.5. The van der Waals surface area contributed by atoms with E-state index in [0.717, 1.165) is 12.8 Å². The van der Waals surface area contributed by atoms with E-state index in [1.165, 1.54) is 40.9 Å². The van der Waals surface area contributed by atoms with Crippen LogP contribution in [0.15, 0.2) is 34.5 Å². The lowest BCUT2D eigenvalue weighted by Crippen LogP contribution is -2.46. The van der Waals surface area contributed by atoms with Gasteiger partial charge in [0.15, 0.2) is 0 Å². The lowest BCUT2D eigenvalue weighted by Gasteiger charge is -2.27. The van der Waals surface area contributed by atoms with Gasteiger partial charge in [-0.15, -0.1) is 11.3 Å². The molecule has 3 rings (SSSR count). The van der Waals surface area contributed by atoms with Crippen molar-refractivity contribution >= 4 is 27.3 Å². The van der Waals surface area contributed by atoms with E-state index in [1.807, 2.05) is 0 Å². The Hall–Kier alpha value is -2.02. The topological polar surface area (TPSA) is 99.6 Å². The van der Waals surface area contributed by atoms with Gasteiger partial charge in [-0.25, -0.2) is 13.4 Å². The maximum absolute atomic E-state index is 13.5. The fourth-order valence-electron chi connectivity index (χ4n) is 3.19. The number of nitrogens with one attached hydrogen (secondary N) is 1. The Balaban J connectivity index is 1.65. The van der Waals surface area contributed by atoms with E-state index < -0.39 is 39.1 Å². The molecule has 7 nitrogen and oxygen atoms in total. The van der Waals surface area contributed by atoms with Gasteiger partial charge in [-0.1, -0.05) is 12.1 Å². The SMILES string of the molecule is Cc1csc(C(O)(CC(=O)NCc2ccc(S(=O)(=O)N3CCCC3)cc2)C(F)(F)F)n1. The number of alkyl halides is 3. The molecule has 1 aliphatic heterocycles. The average Bonchev–Trinajstić information content (AvgIpc) is 3.38. The van der Waals surface area contributed by atoms with E-state index in [2.05, 4.69) is 10.3 Å². The summed E-state index contributed by atoms with van der Waals surface area (Å²) in [4.78, 5) is 16.0. The molecule has 1 fully saturated rings. The molecule has 1 saturated heterocycles. The van der Waals surface area contributed by atoms with E-state index in [4.69, 9.17) is 0 Å². The standard InChI is InChI=1S/C19H22F3N3O4S2/c1-13-12-30-17(24-13)18(27,19(20,21)22)10-16(26)23-11-14-4-6-15(7-5-14)31(28,29)25-8-2-3-9-25/h4-7,12,27H,2-3,8-11H2,1H3,(H,23,26). The zero-order valence-corrected chi connectivity index (χ0v) is 18.3. The van der Waals surface area contributed by atoms with E-state index in [-0.39, 0.29) is 11.4 Å². The van der Waals surface area contributed by atoms with Crippen molar-refractivity contribution in [1.82, 2.24) is 14.6 Å². The van der Waals surface area contributed by atoms with Crippen molar-refractivity contribution in [3.05, 3.63) is 45.9 Å². The van der Waals surface area contributed by atoms with Crippen molar-refractivity contribution in [2.24, 2.45) is 0 Å². The molecular formula is C19H22F3N3O4S2. The fraction of sp³-hybridized carbons (Fsp3) is 0.474. The van der Waals surface area contributed by atoms with Gasteiger partial charge in [0, 0.05) is 30.7 Å². The number of carbonyl (C=O) groups excluding carboxylic acids is 1. The van der Waals surface area contributed by atoms with Crippen LogP contribution < -0.4 is 5.32 Å². The molecule has 2 heterocycles. The van der Waals surface area contributed by atoms with Crippen molar-refractivity contribution in [2.75, 3.05) is 13.1 Å². The van der Waals surface area contributed by atoms with Crippen LogP contribution in [-0.4, -0.2) is 48.0 Å². The van der Waals surface area contributed by atoms with Gasteiger partial charge < -0.3 is 10.4 Å². The minimum Gasteiger partial charge on any atom is -0.374 e. The second-order valence-electron chi connectivity index (χ2n) is 7.36. The van der Waals surface area contributed by atoms with Crippen molar-refractivity contribution < 1.29 is 31.5 Å². The molecule has 1 aromatic heterocycles. The van der Waals surface area contributed by atoms with Gasteiger partial charge in [-0.2, -0.15) is 17.5 Å². The quantitative estimate of drug-likeness (QED) is 0.639. The predicted molar refractivity (Wildman–Crippen MR) is 108 cm³/mol. The number of benzene rings is 1.